The van der Waals surface area contributed by atoms with Crippen LogP contribution in [0.5, 0.6) is 5.75 Å². The molecule has 0 amide bonds. The summed E-state index contributed by atoms with van der Waals surface area (Å²) in [4.78, 5) is 4.62. The van der Waals surface area contributed by atoms with Gasteiger partial charge in [0.05, 0.1) is 18.8 Å². The van der Waals surface area contributed by atoms with E-state index in [1.54, 1.807) is 0 Å². The summed E-state index contributed by atoms with van der Waals surface area (Å²) >= 11 is 0. The molecule has 0 unspecified atom stereocenters. The average molecular weight is 319 g/mol. The van der Waals surface area contributed by atoms with Crippen LogP contribution in [-0.4, -0.2) is 36.4 Å². The Morgan fingerprint density at radius 2 is 2.09 bits per heavy atom. The van der Waals surface area contributed by atoms with E-state index in [-0.39, 0.29) is 0 Å². The minimum atomic E-state index is -0.559. The summed E-state index contributed by atoms with van der Waals surface area (Å²) in [7, 11) is 0. The van der Waals surface area contributed by atoms with Gasteiger partial charge in [-0.2, -0.15) is 0 Å². The van der Waals surface area contributed by atoms with Crippen LogP contribution < -0.4 is 15.4 Å². The molecule has 3 N–H and O–H groups in total. The van der Waals surface area contributed by atoms with Crippen LogP contribution in [0, 0.1) is 6.92 Å². The molecule has 5 nitrogen and oxygen atoms in total. The number of nitrogens with one attached hydrogen (secondary N) is 2. The summed E-state index contributed by atoms with van der Waals surface area (Å²) in [6.07, 6.45) is 2.84. The van der Waals surface area contributed by atoms with Crippen molar-refractivity contribution < 1.29 is 9.84 Å². The smallest absolute Gasteiger partial charge is 0.191 e. The minimum Gasteiger partial charge on any atom is -0.494 e. The third kappa shape index (κ3) is 5.13. The number of aliphatic imine (C=N–C) groups is 1. The second-order valence-corrected chi connectivity index (χ2v) is 6.17. The molecular weight excluding hydrogens is 290 g/mol. The van der Waals surface area contributed by atoms with Crippen LogP contribution >= 0.6 is 0 Å². The van der Waals surface area contributed by atoms with Crippen molar-refractivity contribution in [3.8, 4) is 5.75 Å². The third-order valence-electron chi connectivity index (χ3n) is 4.14. The Morgan fingerprint density at radius 3 is 2.70 bits per heavy atom. The van der Waals surface area contributed by atoms with Crippen molar-refractivity contribution in [1.29, 1.82) is 0 Å². The second-order valence-electron chi connectivity index (χ2n) is 6.17. The van der Waals surface area contributed by atoms with E-state index in [0.717, 1.165) is 43.1 Å². The van der Waals surface area contributed by atoms with E-state index in [4.69, 9.17) is 4.74 Å². The Balaban J connectivity index is 2.01. The first-order valence-corrected chi connectivity index (χ1v) is 8.53. The summed E-state index contributed by atoms with van der Waals surface area (Å²) in [6.45, 7) is 8.60. The number of nitrogens with zero attached hydrogens (tertiary/aromatic N) is 1. The fourth-order valence-electron chi connectivity index (χ4n) is 2.60. The van der Waals surface area contributed by atoms with Gasteiger partial charge in [0.15, 0.2) is 5.96 Å². The molecule has 23 heavy (non-hydrogen) atoms. The van der Waals surface area contributed by atoms with Crippen molar-refractivity contribution in [3.05, 3.63) is 29.3 Å². The van der Waals surface area contributed by atoms with Crippen LogP contribution in [-0.2, 0) is 6.54 Å². The van der Waals surface area contributed by atoms with Crippen molar-refractivity contribution in [3.63, 3.8) is 0 Å². The lowest BCUT2D eigenvalue weighted by atomic mass is 9.80. The predicted molar refractivity (Wildman–Crippen MR) is 94.0 cm³/mol. The number of guanidine groups is 1. The molecule has 0 saturated heterocycles. The Bertz CT molecular complexity index is 539. The zero-order valence-corrected chi connectivity index (χ0v) is 14.5. The number of hydrogen-bond acceptors (Lipinski definition) is 3. The quantitative estimate of drug-likeness (QED) is 0.533. The van der Waals surface area contributed by atoms with Gasteiger partial charge in [0.2, 0.25) is 0 Å². The normalized spacial score (nSPS) is 16.6. The maximum Gasteiger partial charge on any atom is 0.191 e. The Kier molecular flexibility index (Phi) is 6.28. The molecule has 2 rings (SSSR count). The zero-order chi connectivity index (χ0) is 16.7. The first-order valence-electron chi connectivity index (χ1n) is 8.53. The molecule has 128 valence electrons. The van der Waals surface area contributed by atoms with Gasteiger partial charge < -0.3 is 20.5 Å². The van der Waals surface area contributed by atoms with Crippen LogP contribution in [0.25, 0.3) is 0 Å². The second kappa shape index (κ2) is 8.20. The average Bonchev–Trinajstić information content (AvgIpc) is 2.50. The molecule has 1 aliphatic rings. The van der Waals surface area contributed by atoms with Gasteiger partial charge in [-0.1, -0.05) is 12.1 Å². The molecule has 0 aliphatic heterocycles. The van der Waals surface area contributed by atoms with E-state index in [0.29, 0.717) is 19.7 Å². The lowest BCUT2D eigenvalue weighted by molar-refractivity contribution is -0.0279. The van der Waals surface area contributed by atoms with E-state index < -0.39 is 5.60 Å². The monoisotopic (exact) mass is 319 g/mol. The van der Waals surface area contributed by atoms with Crippen molar-refractivity contribution in [2.75, 3.05) is 19.7 Å². The van der Waals surface area contributed by atoms with Crippen LogP contribution in [0.3, 0.4) is 0 Å². The number of aryl methyl sites for hydroxylation is 1. The molecule has 1 aliphatic carbocycles. The first kappa shape index (κ1) is 17.6. The Labute approximate surface area is 139 Å². The molecule has 0 atom stereocenters. The van der Waals surface area contributed by atoms with Crippen LogP contribution in [0.15, 0.2) is 23.2 Å². The van der Waals surface area contributed by atoms with Crippen LogP contribution in [0.4, 0.5) is 0 Å². The standard InChI is InChI=1S/C18H29N3O2/c1-4-19-17(21-13-18(22)9-6-10-18)20-12-15-8-7-14(3)11-16(15)23-5-2/h7-8,11,22H,4-6,9-10,12-13H2,1-3H3,(H2,19,20,21). The molecule has 0 aromatic heterocycles. The third-order valence-corrected chi connectivity index (χ3v) is 4.14. The summed E-state index contributed by atoms with van der Waals surface area (Å²) in [5, 5.41) is 16.7. The summed E-state index contributed by atoms with van der Waals surface area (Å²) in [5.74, 6) is 1.63. The van der Waals surface area contributed by atoms with Gasteiger partial charge in [-0.05, 0) is 51.7 Å². The van der Waals surface area contributed by atoms with Gasteiger partial charge >= 0.3 is 0 Å². The van der Waals surface area contributed by atoms with Gasteiger partial charge in [0, 0.05) is 18.7 Å². The van der Waals surface area contributed by atoms with E-state index >= 15 is 0 Å². The molecule has 0 heterocycles. The highest BCUT2D eigenvalue weighted by atomic mass is 16.5. The zero-order valence-electron chi connectivity index (χ0n) is 14.5. The first-order chi connectivity index (χ1) is 11.1. The van der Waals surface area contributed by atoms with Gasteiger partial charge in [0.1, 0.15) is 5.75 Å². The van der Waals surface area contributed by atoms with Crippen molar-refractivity contribution in [1.82, 2.24) is 10.6 Å². The van der Waals surface area contributed by atoms with Crippen molar-refractivity contribution in [2.45, 2.75) is 52.2 Å². The molecular formula is C18H29N3O2. The van der Waals surface area contributed by atoms with Crippen molar-refractivity contribution in [2.24, 2.45) is 4.99 Å². The van der Waals surface area contributed by atoms with E-state index in [2.05, 4.69) is 34.7 Å². The summed E-state index contributed by atoms with van der Waals surface area (Å²) in [5.41, 5.74) is 1.69. The molecule has 1 aromatic rings. The lowest BCUT2D eigenvalue weighted by Gasteiger charge is -2.37. The number of rotatable bonds is 7. The number of aliphatic hydroxyl groups is 1. The Hall–Kier alpha value is -1.75. The molecule has 0 radical (unpaired) electrons. The number of benzene rings is 1. The van der Waals surface area contributed by atoms with Gasteiger partial charge in [0.25, 0.3) is 0 Å². The maximum absolute atomic E-state index is 10.2. The lowest BCUT2D eigenvalue weighted by Crippen LogP contribution is -2.50. The molecule has 1 saturated carbocycles. The van der Waals surface area contributed by atoms with E-state index in [1.807, 2.05) is 19.9 Å². The fraction of sp³-hybridized carbons (Fsp3) is 0.611. The molecule has 0 bridgehead atoms. The maximum atomic E-state index is 10.2. The predicted octanol–water partition coefficient (Wildman–Crippen LogP) is 2.36. The van der Waals surface area contributed by atoms with Gasteiger partial charge in [-0.15, -0.1) is 0 Å². The molecule has 1 fully saturated rings. The largest absolute Gasteiger partial charge is 0.494 e. The molecule has 1 aromatic carbocycles. The topological polar surface area (TPSA) is 65.9 Å². The fourth-order valence-corrected chi connectivity index (χ4v) is 2.60. The summed E-state index contributed by atoms with van der Waals surface area (Å²) < 4.78 is 5.70. The van der Waals surface area contributed by atoms with Gasteiger partial charge in [-0.3, -0.25) is 0 Å². The number of ether oxygens (including phenoxy) is 1. The minimum absolute atomic E-state index is 0.545. The number of hydrogen-bond donors (Lipinski definition) is 3. The van der Waals surface area contributed by atoms with Crippen molar-refractivity contribution >= 4 is 5.96 Å². The highest BCUT2D eigenvalue weighted by Gasteiger charge is 2.34. The highest BCUT2D eigenvalue weighted by molar-refractivity contribution is 5.79. The molecule has 0 spiro atoms. The summed E-state index contributed by atoms with van der Waals surface area (Å²) in [6, 6.07) is 6.18. The van der Waals surface area contributed by atoms with Crippen LogP contribution in [0.1, 0.15) is 44.2 Å². The highest BCUT2D eigenvalue weighted by Crippen LogP contribution is 2.30. The van der Waals surface area contributed by atoms with E-state index in [9.17, 15) is 5.11 Å². The molecule has 5 heteroatoms. The van der Waals surface area contributed by atoms with Gasteiger partial charge in [-0.25, -0.2) is 4.99 Å². The van der Waals surface area contributed by atoms with E-state index in [1.165, 1.54) is 5.56 Å². The SMILES string of the molecule is CCNC(=NCc1ccc(C)cc1OCC)NCC1(O)CCC1. The van der Waals surface area contributed by atoms with Crippen LogP contribution in [0.2, 0.25) is 0 Å². The Morgan fingerprint density at radius 1 is 1.30 bits per heavy atom.